The third-order valence-corrected chi connectivity index (χ3v) is 4.00. The maximum Gasteiger partial charge on any atom is 0.350 e. The van der Waals surface area contributed by atoms with E-state index in [1.165, 1.54) is 4.40 Å². The molecule has 26 heavy (non-hydrogen) atoms. The van der Waals surface area contributed by atoms with Crippen LogP contribution in [-0.4, -0.2) is 38.7 Å². The number of hydrogen-bond donors (Lipinski definition) is 1. The number of carbonyl (C=O) groups is 1. The summed E-state index contributed by atoms with van der Waals surface area (Å²) < 4.78 is 2.57. The van der Waals surface area contributed by atoms with E-state index >= 15 is 0 Å². The number of carbonyl (C=O) groups excluding carboxylic acids is 1. The molecule has 2 heterocycles. The van der Waals surface area contributed by atoms with Gasteiger partial charge in [-0.1, -0.05) is 19.1 Å². The molecular weight excluding hydrogens is 332 g/mol. The van der Waals surface area contributed by atoms with Gasteiger partial charge in [0.25, 0.3) is 0 Å². The normalized spacial score (nSPS) is 10.9. The number of aryl methyl sites for hydroxylation is 1. The molecule has 0 atom stereocenters. The van der Waals surface area contributed by atoms with Gasteiger partial charge in [-0.3, -0.25) is 4.79 Å². The smallest absolute Gasteiger partial charge is 0.350 e. The van der Waals surface area contributed by atoms with E-state index < -0.39 is 0 Å². The Morgan fingerprint density at radius 2 is 2.15 bits per heavy atom. The molecule has 1 aromatic carbocycles. The van der Waals surface area contributed by atoms with E-state index in [1.807, 2.05) is 37.1 Å². The molecule has 2 aromatic heterocycles. The predicted molar refractivity (Wildman–Crippen MR) is 101 cm³/mol. The van der Waals surface area contributed by atoms with Gasteiger partial charge >= 0.3 is 5.69 Å². The van der Waals surface area contributed by atoms with Gasteiger partial charge < -0.3 is 10.2 Å². The summed E-state index contributed by atoms with van der Waals surface area (Å²) >= 11 is 0. The second kappa shape index (κ2) is 7.38. The van der Waals surface area contributed by atoms with Gasteiger partial charge in [-0.25, -0.2) is 18.9 Å². The van der Waals surface area contributed by atoms with Crippen molar-refractivity contribution in [2.24, 2.45) is 0 Å². The zero-order valence-electron chi connectivity index (χ0n) is 15.1. The van der Waals surface area contributed by atoms with Crippen LogP contribution in [0, 0.1) is 6.92 Å². The van der Waals surface area contributed by atoms with Crippen molar-refractivity contribution in [3.63, 3.8) is 0 Å². The average Bonchev–Trinajstić information content (AvgIpc) is 2.91. The van der Waals surface area contributed by atoms with Crippen LogP contribution in [-0.2, 0) is 11.3 Å². The Hall–Kier alpha value is -3.16. The first kappa shape index (κ1) is 17.7. The van der Waals surface area contributed by atoms with Crippen LogP contribution in [0.3, 0.4) is 0 Å². The van der Waals surface area contributed by atoms with E-state index in [-0.39, 0.29) is 18.1 Å². The largest absolute Gasteiger partial charge is 0.357 e. The fourth-order valence-electron chi connectivity index (χ4n) is 2.81. The van der Waals surface area contributed by atoms with Crippen molar-refractivity contribution < 1.29 is 4.79 Å². The molecular formula is C18H22N6O2. The topological polar surface area (TPSA) is 84.5 Å². The predicted octanol–water partition coefficient (Wildman–Crippen LogP) is 1.68. The van der Waals surface area contributed by atoms with E-state index in [9.17, 15) is 9.59 Å². The summed E-state index contributed by atoms with van der Waals surface area (Å²) in [6.07, 6.45) is 4.07. The minimum Gasteiger partial charge on any atom is -0.357 e. The van der Waals surface area contributed by atoms with Crippen molar-refractivity contribution in [2.75, 3.05) is 23.8 Å². The zero-order chi connectivity index (χ0) is 18.7. The number of amides is 1. The number of hydrogen-bond acceptors (Lipinski definition) is 5. The van der Waals surface area contributed by atoms with E-state index in [2.05, 4.69) is 22.3 Å². The Labute approximate surface area is 151 Å². The quantitative estimate of drug-likeness (QED) is 0.728. The molecule has 3 aromatic rings. The summed E-state index contributed by atoms with van der Waals surface area (Å²) in [6, 6.07) is 7.48. The van der Waals surface area contributed by atoms with Gasteiger partial charge in [0.05, 0.1) is 0 Å². The van der Waals surface area contributed by atoms with Crippen LogP contribution in [0.1, 0.15) is 18.9 Å². The Morgan fingerprint density at radius 1 is 1.35 bits per heavy atom. The van der Waals surface area contributed by atoms with Gasteiger partial charge in [-0.05, 0) is 31.0 Å². The zero-order valence-corrected chi connectivity index (χ0v) is 15.1. The molecule has 0 unspecified atom stereocenters. The molecule has 136 valence electrons. The molecule has 1 N–H and O–H groups in total. The third-order valence-electron chi connectivity index (χ3n) is 4.00. The standard InChI is InChI=1S/C18H22N6O2/c1-4-9-22(3)16-17-21-24(18(26)23(17)10-8-19-16)12-15(25)20-14-7-5-6-13(2)11-14/h5-8,10-11H,4,9,12H2,1-3H3,(H,20,25). The number of anilines is 2. The molecule has 8 heteroatoms. The van der Waals surface area contributed by atoms with Crippen LogP contribution in [0.25, 0.3) is 5.65 Å². The fraction of sp³-hybridized carbons (Fsp3) is 0.333. The Morgan fingerprint density at radius 3 is 2.88 bits per heavy atom. The van der Waals surface area contributed by atoms with E-state index in [4.69, 9.17) is 0 Å². The highest BCUT2D eigenvalue weighted by molar-refractivity contribution is 5.90. The number of benzene rings is 1. The Balaban J connectivity index is 1.86. The molecule has 0 spiro atoms. The summed E-state index contributed by atoms with van der Waals surface area (Å²) in [4.78, 5) is 31.1. The molecule has 1 amide bonds. The molecule has 8 nitrogen and oxygen atoms in total. The molecule has 0 saturated carbocycles. The minimum absolute atomic E-state index is 0.161. The molecule has 0 saturated heterocycles. The third kappa shape index (κ3) is 3.58. The van der Waals surface area contributed by atoms with Crippen LogP contribution in [0.2, 0.25) is 0 Å². The van der Waals surface area contributed by atoms with Gasteiger partial charge in [0, 0.05) is 31.7 Å². The molecule has 0 aliphatic rings. The monoisotopic (exact) mass is 354 g/mol. The molecule has 0 radical (unpaired) electrons. The molecule has 0 aliphatic heterocycles. The van der Waals surface area contributed by atoms with Crippen molar-refractivity contribution in [3.8, 4) is 0 Å². The summed E-state index contributed by atoms with van der Waals surface area (Å²) in [6.45, 7) is 4.65. The summed E-state index contributed by atoms with van der Waals surface area (Å²) in [5, 5.41) is 7.10. The van der Waals surface area contributed by atoms with Crippen molar-refractivity contribution in [1.82, 2.24) is 19.2 Å². The SMILES string of the molecule is CCCN(C)c1nccn2c(=O)n(CC(=O)Nc3cccc(C)c3)nc12. The number of aromatic nitrogens is 4. The molecule has 0 aliphatic carbocycles. The molecule has 0 bridgehead atoms. The summed E-state index contributed by atoms with van der Waals surface area (Å²) in [5.74, 6) is 0.307. The number of nitrogens with zero attached hydrogens (tertiary/aromatic N) is 5. The fourth-order valence-corrected chi connectivity index (χ4v) is 2.81. The first-order valence-electron chi connectivity index (χ1n) is 8.51. The van der Waals surface area contributed by atoms with E-state index in [0.29, 0.717) is 17.2 Å². The Kier molecular flexibility index (Phi) is 5.01. The maximum absolute atomic E-state index is 12.5. The second-order valence-electron chi connectivity index (χ2n) is 6.22. The number of fused-ring (bicyclic) bond motifs is 1. The molecule has 3 rings (SSSR count). The lowest BCUT2D eigenvalue weighted by Crippen LogP contribution is -2.28. The lowest BCUT2D eigenvalue weighted by molar-refractivity contribution is -0.117. The van der Waals surface area contributed by atoms with Gasteiger partial charge in [-0.2, -0.15) is 0 Å². The van der Waals surface area contributed by atoms with Gasteiger partial charge in [0.1, 0.15) is 6.54 Å². The highest BCUT2D eigenvalue weighted by atomic mass is 16.2. The number of rotatable bonds is 6. The highest BCUT2D eigenvalue weighted by Gasteiger charge is 2.16. The number of nitrogens with one attached hydrogen (secondary N) is 1. The Bertz CT molecular complexity index is 991. The van der Waals surface area contributed by atoms with Crippen molar-refractivity contribution in [2.45, 2.75) is 26.8 Å². The second-order valence-corrected chi connectivity index (χ2v) is 6.22. The van der Waals surface area contributed by atoms with Gasteiger partial charge in [-0.15, -0.1) is 5.10 Å². The van der Waals surface area contributed by atoms with Crippen LogP contribution < -0.4 is 15.9 Å². The lowest BCUT2D eigenvalue weighted by Gasteiger charge is -2.16. The van der Waals surface area contributed by atoms with Crippen molar-refractivity contribution in [1.29, 1.82) is 0 Å². The minimum atomic E-state index is -0.368. The van der Waals surface area contributed by atoms with E-state index in [1.54, 1.807) is 18.5 Å². The maximum atomic E-state index is 12.5. The highest BCUT2D eigenvalue weighted by Crippen LogP contribution is 2.14. The summed E-state index contributed by atoms with van der Waals surface area (Å²) in [5.41, 5.74) is 1.81. The van der Waals surface area contributed by atoms with Crippen molar-refractivity contribution >= 4 is 23.1 Å². The first-order chi connectivity index (χ1) is 12.5. The van der Waals surface area contributed by atoms with Crippen LogP contribution in [0.5, 0.6) is 0 Å². The lowest BCUT2D eigenvalue weighted by atomic mass is 10.2. The van der Waals surface area contributed by atoms with Crippen molar-refractivity contribution in [3.05, 3.63) is 52.7 Å². The van der Waals surface area contributed by atoms with Crippen LogP contribution in [0.4, 0.5) is 11.5 Å². The van der Waals surface area contributed by atoms with Crippen LogP contribution >= 0.6 is 0 Å². The average molecular weight is 354 g/mol. The van der Waals surface area contributed by atoms with Gasteiger partial charge in [0.2, 0.25) is 11.6 Å². The molecule has 0 fully saturated rings. The first-order valence-corrected chi connectivity index (χ1v) is 8.51. The summed E-state index contributed by atoms with van der Waals surface area (Å²) in [7, 11) is 1.90. The van der Waals surface area contributed by atoms with Gasteiger partial charge in [0.15, 0.2) is 5.82 Å². The van der Waals surface area contributed by atoms with Crippen LogP contribution in [0.15, 0.2) is 41.5 Å². The van der Waals surface area contributed by atoms with E-state index in [0.717, 1.165) is 23.2 Å².